The van der Waals surface area contributed by atoms with Crippen LogP contribution in [0, 0.1) is 10.1 Å². The minimum atomic E-state index is -3.85. The number of halogens is 1. The molecule has 1 heterocycles. The van der Waals surface area contributed by atoms with E-state index in [-0.39, 0.29) is 34.4 Å². The minimum absolute atomic E-state index is 0.00445. The Kier molecular flexibility index (Phi) is 7.11. The molecule has 10 nitrogen and oxygen atoms in total. The first-order valence-corrected chi connectivity index (χ1v) is 10.4. The van der Waals surface area contributed by atoms with Crippen LogP contribution in [0.3, 0.4) is 0 Å². The molecule has 0 aliphatic rings. The van der Waals surface area contributed by atoms with E-state index >= 15 is 0 Å². The van der Waals surface area contributed by atoms with Gasteiger partial charge in [-0.2, -0.15) is 4.31 Å². The second kappa shape index (κ2) is 9.16. The van der Waals surface area contributed by atoms with Crippen molar-refractivity contribution in [1.29, 1.82) is 0 Å². The van der Waals surface area contributed by atoms with Crippen LogP contribution in [0.1, 0.15) is 13.8 Å². The van der Waals surface area contributed by atoms with E-state index < -0.39 is 33.0 Å². The van der Waals surface area contributed by atoms with Crippen molar-refractivity contribution in [3.05, 3.63) is 62.0 Å². The molecule has 0 radical (unpaired) electrons. The Hall–Kier alpha value is -2.76. The third-order valence-corrected chi connectivity index (χ3v) is 6.56. The number of aromatic nitrogens is 1. The van der Waals surface area contributed by atoms with Crippen molar-refractivity contribution >= 4 is 38.9 Å². The SMILES string of the molecule is CCN(CC)S(=O)(=O)c1cc(NC(=O)Cn2cc([N+](=O)[O-])ccc2=O)ccc1Cl. The summed E-state index contributed by atoms with van der Waals surface area (Å²) in [7, 11) is -3.85. The summed E-state index contributed by atoms with van der Waals surface area (Å²) in [6.07, 6.45) is 0.958. The number of amides is 1. The normalized spacial score (nSPS) is 11.4. The summed E-state index contributed by atoms with van der Waals surface area (Å²) >= 11 is 6.05. The van der Waals surface area contributed by atoms with Crippen LogP contribution in [0.2, 0.25) is 5.02 Å². The Morgan fingerprint density at radius 3 is 2.48 bits per heavy atom. The van der Waals surface area contributed by atoms with Gasteiger partial charge in [0.1, 0.15) is 11.4 Å². The number of carbonyl (C=O) groups is 1. The lowest BCUT2D eigenvalue weighted by molar-refractivity contribution is -0.385. The Labute approximate surface area is 171 Å². The third kappa shape index (κ3) is 5.19. The fourth-order valence-corrected chi connectivity index (χ4v) is 4.55. The zero-order valence-electron chi connectivity index (χ0n) is 15.7. The topological polar surface area (TPSA) is 132 Å². The van der Waals surface area contributed by atoms with E-state index in [0.29, 0.717) is 0 Å². The molecule has 29 heavy (non-hydrogen) atoms. The standard InChI is InChI=1S/C17H19ClN4O6S/c1-3-21(4-2)29(27,28)15-9-12(5-7-14(15)18)19-16(23)11-20-10-13(22(25)26)6-8-17(20)24/h5-10H,3-4,11H2,1-2H3,(H,19,23). The van der Waals surface area contributed by atoms with Gasteiger partial charge in [0.15, 0.2) is 0 Å². The summed E-state index contributed by atoms with van der Waals surface area (Å²) in [5, 5.41) is 13.3. The number of pyridine rings is 1. The van der Waals surface area contributed by atoms with Gasteiger partial charge < -0.3 is 5.32 Å². The maximum atomic E-state index is 12.7. The van der Waals surface area contributed by atoms with E-state index in [9.17, 15) is 28.1 Å². The van der Waals surface area contributed by atoms with Crippen molar-refractivity contribution in [3.63, 3.8) is 0 Å². The molecule has 156 valence electrons. The third-order valence-electron chi connectivity index (χ3n) is 4.03. The van der Waals surface area contributed by atoms with Gasteiger partial charge in [-0.05, 0) is 18.2 Å². The first kappa shape index (κ1) is 22.5. The predicted octanol–water partition coefficient (Wildman–Crippen LogP) is 2.08. The van der Waals surface area contributed by atoms with Crippen molar-refractivity contribution in [2.24, 2.45) is 0 Å². The number of benzene rings is 1. The number of hydrogen-bond acceptors (Lipinski definition) is 6. The lowest BCUT2D eigenvalue weighted by atomic mass is 10.3. The van der Waals surface area contributed by atoms with Gasteiger partial charge >= 0.3 is 0 Å². The molecule has 12 heteroatoms. The molecule has 1 aromatic carbocycles. The fraction of sp³-hybridized carbons (Fsp3) is 0.294. The van der Waals surface area contributed by atoms with Crippen molar-refractivity contribution < 1.29 is 18.1 Å². The van der Waals surface area contributed by atoms with E-state index in [1.54, 1.807) is 13.8 Å². The molecule has 1 amide bonds. The Balaban J connectivity index is 2.28. The van der Waals surface area contributed by atoms with Crippen LogP contribution in [-0.4, -0.2) is 41.2 Å². The van der Waals surface area contributed by atoms with Gasteiger partial charge in [-0.25, -0.2) is 8.42 Å². The molecule has 0 aliphatic carbocycles. The maximum absolute atomic E-state index is 12.7. The van der Waals surface area contributed by atoms with Crippen molar-refractivity contribution in [3.8, 4) is 0 Å². The summed E-state index contributed by atoms with van der Waals surface area (Å²) in [6.45, 7) is 3.40. The van der Waals surface area contributed by atoms with E-state index in [2.05, 4.69) is 5.32 Å². The first-order chi connectivity index (χ1) is 13.6. The number of nitrogens with one attached hydrogen (secondary N) is 1. The molecule has 0 aliphatic heterocycles. The monoisotopic (exact) mass is 442 g/mol. The average Bonchev–Trinajstić information content (AvgIpc) is 2.65. The van der Waals surface area contributed by atoms with Crippen molar-refractivity contribution in [1.82, 2.24) is 8.87 Å². The Morgan fingerprint density at radius 2 is 1.90 bits per heavy atom. The number of hydrogen-bond donors (Lipinski definition) is 1. The molecule has 0 saturated carbocycles. The first-order valence-electron chi connectivity index (χ1n) is 8.54. The number of nitrogens with zero attached hydrogens (tertiary/aromatic N) is 3. The summed E-state index contributed by atoms with van der Waals surface area (Å²) < 4.78 is 27.5. The molecule has 0 bridgehead atoms. The molecule has 0 fully saturated rings. The molecule has 1 N–H and O–H groups in total. The highest BCUT2D eigenvalue weighted by atomic mass is 35.5. The molecule has 2 aromatic rings. The van der Waals surface area contributed by atoms with Gasteiger partial charge in [0.2, 0.25) is 15.9 Å². The molecule has 2 rings (SSSR count). The number of rotatable bonds is 8. The molecule has 1 aromatic heterocycles. The number of nitro groups is 1. The van der Waals surface area contributed by atoms with Gasteiger partial charge in [-0.3, -0.25) is 24.3 Å². The van der Waals surface area contributed by atoms with Gasteiger partial charge in [0.25, 0.3) is 11.2 Å². The van der Waals surface area contributed by atoms with Gasteiger partial charge in [0.05, 0.1) is 16.1 Å². The summed E-state index contributed by atoms with van der Waals surface area (Å²) in [6, 6.07) is 6.01. The van der Waals surface area contributed by atoms with Crippen molar-refractivity contribution in [2.45, 2.75) is 25.3 Å². The van der Waals surface area contributed by atoms with Crippen LogP contribution in [-0.2, 0) is 21.4 Å². The summed E-state index contributed by atoms with van der Waals surface area (Å²) in [5.41, 5.74) is -0.772. The van der Waals surface area contributed by atoms with Crippen LogP contribution < -0.4 is 10.9 Å². The largest absolute Gasteiger partial charge is 0.324 e. The maximum Gasteiger partial charge on any atom is 0.285 e. The molecular weight excluding hydrogens is 424 g/mol. The minimum Gasteiger partial charge on any atom is -0.324 e. The Morgan fingerprint density at radius 1 is 1.24 bits per heavy atom. The summed E-state index contributed by atoms with van der Waals surface area (Å²) in [5.74, 6) is -0.666. The van der Waals surface area contributed by atoms with Crippen LogP contribution in [0.4, 0.5) is 11.4 Å². The van der Waals surface area contributed by atoms with Crippen LogP contribution in [0.25, 0.3) is 0 Å². The van der Waals surface area contributed by atoms with Crippen LogP contribution >= 0.6 is 11.6 Å². The Bertz CT molecular complexity index is 1100. The van der Waals surface area contributed by atoms with Gasteiger partial charge in [0, 0.05) is 30.9 Å². The highest BCUT2D eigenvalue weighted by Crippen LogP contribution is 2.27. The van der Waals surface area contributed by atoms with Gasteiger partial charge in [-0.15, -0.1) is 0 Å². The van der Waals surface area contributed by atoms with Gasteiger partial charge in [-0.1, -0.05) is 25.4 Å². The number of carbonyl (C=O) groups excluding carboxylic acids is 1. The van der Waals surface area contributed by atoms with E-state index in [4.69, 9.17) is 11.6 Å². The molecule has 0 unspecified atom stereocenters. The predicted molar refractivity (Wildman–Crippen MR) is 108 cm³/mol. The summed E-state index contributed by atoms with van der Waals surface area (Å²) in [4.78, 5) is 34.1. The number of sulfonamides is 1. The molecule has 0 spiro atoms. The molecule has 0 atom stereocenters. The lowest BCUT2D eigenvalue weighted by Crippen LogP contribution is -2.31. The zero-order valence-corrected chi connectivity index (χ0v) is 17.2. The van der Waals surface area contributed by atoms with E-state index in [1.165, 1.54) is 22.5 Å². The quantitative estimate of drug-likeness (QED) is 0.491. The molecular formula is C17H19ClN4O6S. The van der Waals surface area contributed by atoms with E-state index in [1.807, 2.05) is 0 Å². The highest BCUT2D eigenvalue weighted by molar-refractivity contribution is 7.89. The smallest absolute Gasteiger partial charge is 0.285 e. The number of anilines is 1. The van der Waals surface area contributed by atoms with Crippen LogP contribution in [0.5, 0.6) is 0 Å². The second-order valence-electron chi connectivity index (χ2n) is 5.89. The van der Waals surface area contributed by atoms with Crippen molar-refractivity contribution in [2.75, 3.05) is 18.4 Å². The molecule has 0 saturated heterocycles. The fourth-order valence-electron chi connectivity index (χ4n) is 2.59. The average molecular weight is 443 g/mol. The zero-order chi connectivity index (χ0) is 21.8. The second-order valence-corrected chi connectivity index (χ2v) is 8.21. The van der Waals surface area contributed by atoms with Crippen LogP contribution in [0.15, 0.2) is 46.2 Å². The van der Waals surface area contributed by atoms with E-state index in [0.717, 1.165) is 22.9 Å². The lowest BCUT2D eigenvalue weighted by Gasteiger charge is -2.19. The highest BCUT2D eigenvalue weighted by Gasteiger charge is 2.25.